The Morgan fingerprint density at radius 1 is 1.46 bits per heavy atom. The number of nitrogens with two attached hydrogens (primary N) is 1. The maximum Gasteiger partial charge on any atom is 0.335 e. The molecule has 0 aliphatic rings. The zero-order valence-electron chi connectivity index (χ0n) is 7.53. The molecule has 0 bridgehead atoms. The lowest BCUT2D eigenvalue weighted by Gasteiger charge is -2.04. The Hall–Kier alpha value is -1.35. The van der Waals surface area contributed by atoms with E-state index in [1.165, 1.54) is 0 Å². The summed E-state index contributed by atoms with van der Waals surface area (Å²) in [5, 5.41) is 8.63. The molecule has 1 aromatic rings. The lowest BCUT2D eigenvalue weighted by atomic mass is 10.1. The van der Waals surface area contributed by atoms with Gasteiger partial charge in [-0.3, -0.25) is 0 Å². The standard InChI is InChI=1S/C10H13NO2/c1-7(11)6-8-2-4-9(5-3-8)10(12)13/h2-5,7H,6,11H2,1H3,(H,12,13)/t7-/m1/s1. The number of rotatable bonds is 3. The van der Waals surface area contributed by atoms with Gasteiger partial charge >= 0.3 is 5.97 Å². The maximum atomic E-state index is 10.5. The third-order valence-corrected chi connectivity index (χ3v) is 1.76. The molecular formula is C10H13NO2. The van der Waals surface area contributed by atoms with Crippen molar-refractivity contribution < 1.29 is 9.90 Å². The van der Waals surface area contributed by atoms with Crippen LogP contribution in [-0.2, 0) is 6.42 Å². The van der Waals surface area contributed by atoms with Crippen LogP contribution in [0.15, 0.2) is 24.3 Å². The fourth-order valence-corrected chi connectivity index (χ4v) is 1.16. The average Bonchev–Trinajstić information content (AvgIpc) is 2.04. The molecule has 0 radical (unpaired) electrons. The Labute approximate surface area is 77.2 Å². The monoisotopic (exact) mass is 179 g/mol. The molecule has 0 amide bonds. The third-order valence-electron chi connectivity index (χ3n) is 1.76. The highest BCUT2D eigenvalue weighted by atomic mass is 16.4. The molecule has 1 atom stereocenters. The normalized spacial score (nSPS) is 12.5. The minimum Gasteiger partial charge on any atom is -0.478 e. The first kappa shape index (κ1) is 9.74. The molecule has 0 aromatic heterocycles. The first-order valence-corrected chi connectivity index (χ1v) is 4.17. The van der Waals surface area contributed by atoms with Crippen LogP contribution in [0.25, 0.3) is 0 Å². The smallest absolute Gasteiger partial charge is 0.335 e. The van der Waals surface area contributed by atoms with Gasteiger partial charge in [0.05, 0.1) is 5.56 Å². The molecule has 3 nitrogen and oxygen atoms in total. The van der Waals surface area contributed by atoms with Crippen molar-refractivity contribution in [3.05, 3.63) is 35.4 Å². The fourth-order valence-electron chi connectivity index (χ4n) is 1.16. The first-order chi connectivity index (χ1) is 6.09. The van der Waals surface area contributed by atoms with Gasteiger partial charge in [-0.05, 0) is 31.0 Å². The van der Waals surface area contributed by atoms with E-state index in [0.717, 1.165) is 12.0 Å². The lowest BCUT2D eigenvalue weighted by molar-refractivity contribution is 0.0697. The number of benzene rings is 1. The molecule has 0 saturated carbocycles. The second-order valence-electron chi connectivity index (χ2n) is 3.18. The van der Waals surface area contributed by atoms with Crippen molar-refractivity contribution in [3.8, 4) is 0 Å². The maximum absolute atomic E-state index is 10.5. The summed E-state index contributed by atoms with van der Waals surface area (Å²) in [6, 6.07) is 6.90. The van der Waals surface area contributed by atoms with Crippen molar-refractivity contribution in [3.63, 3.8) is 0 Å². The second-order valence-corrected chi connectivity index (χ2v) is 3.18. The highest BCUT2D eigenvalue weighted by Crippen LogP contribution is 2.06. The Kier molecular flexibility index (Phi) is 3.03. The van der Waals surface area contributed by atoms with E-state index >= 15 is 0 Å². The van der Waals surface area contributed by atoms with E-state index in [-0.39, 0.29) is 6.04 Å². The SMILES string of the molecule is C[C@@H](N)Cc1ccc(C(=O)O)cc1. The molecular weight excluding hydrogens is 166 g/mol. The van der Waals surface area contributed by atoms with Crippen molar-refractivity contribution >= 4 is 5.97 Å². The van der Waals surface area contributed by atoms with E-state index in [0.29, 0.717) is 5.56 Å². The predicted octanol–water partition coefficient (Wildman–Crippen LogP) is 1.27. The number of hydrogen-bond donors (Lipinski definition) is 2. The molecule has 70 valence electrons. The number of carboxylic acid groups (broad SMARTS) is 1. The molecule has 0 fully saturated rings. The highest BCUT2D eigenvalue weighted by Gasteiger charge is 2.02. The van der Waals surface area contributed by atoms with E-state index in [2.05, 4.69) is 0 Å². The van der Waals surface area contributed by atoms with Gasteiger partial charge in [0.2, 0.25) is 0 Å². The van der Waals surface area contributed by atoms with Crippen molar-refractivity contribution in [2.45, 2.75) is 19.4 Å². The van der Waals surface area contributed by atoms with Crippen molar-refractivity contribution in [1.29, 1.82) is 0 Å². The summed E-state index contributed by atoms with van der Waals surface area (Å²) in [5.74, 6) is -0.896. The molecule has 0 aliphatic carbocycles. The van der Waals surface area contributed by atoms with E-state index in [1.807, 2.05) is 6.92 Å². The van der Waals surface area contributed by atoms with Gasteiger partial charge in [0.15, 0.2) is 0 Å². The highest BCUT2D eigenvalue weighted by molar-refractivity contribution is 5.87. The molecule has 3 heteroatoms. The molecule has 1 aromatic carbocycles. The Morgan fingerprint density at radius 2 is 2.00 bits per heavy atom. The van der Waals surface area contributed by atoms with E-state index in [9.17, 15) is 4.79 Å². The van der Waals surface area contributed by atoms with Gasteiger partial charge in [0, 0.05) is 6.04 Å². The summed E-state index contributed by atoms with van der Waals surface area (Å²) in [5.41, 5.74) is 6.99. The Balaban J connectivity index is 2.75. The summed E-state index contributed by atoms with van der Waals surface area (Å²) in [4.78, 5) is 10.5. The number of aromatic carboxylic acids is 1. The van der Waals surface area contributed by atoms with E-state index < -0.39 is 5.97 Å². The Morgan fingerprint density at radius 3 is 2.38 bits per heavy atom. The Bertz CT molecular complexity index is 290. The average molecular weight is 179 g/mol. The summed E-state index contributed by atoms with van der Waals surface area (Å²) >= 11 is 0. The van der Waals surface area contributed by atoms with Gasteiger partial charge in [-0.2, -0.15) is 0 Å². The van der Waals surface area contributed by atoms with Crippen LogP contribution < -0.4 is 5.73 Å². The van der Waals surface area contributed by atoms with Crippen LogP contribution in [0.1, 0.15) is 22.8 Å². The first-order valence-electron chi connectivity index (χ1n) is 4.17. The minimum absolute atomic E-state index is 0.107. The van der Waals surface area contributed by atoms with Gasteiger partial charge in [-0.15, -0.1) is 0 Å². The van der Waals surface area contributed by atoms with Crippen molar-refractivity contribution in [2.24, 2.45) is 5.73 Å². The number of hydrogen-bond acceptors (Lipinski definition) is 2. The van der Waals surface area contributed by atoms with Crippen LogP contribution >= 0.6 is 0 Å². The topological polar surface area (TPSA) is 63.3 Å². The molecule has 0 saturated heterocycles. The second kappa shape index (κ2) is 4.05. The number of carboxylic acids is 1. The largest absolute Gasteiger partial charge is 0.478 e. The zero-order valence-corrected chi connectivity index (χ0v) is 7.53. The molecule has 1 rings (SSSR count). The molecule has 0 heterocycles. The predicted molar refractivity (Wildman–Crippen MR) is 50.8 cm³/mol. The van der Waals surface area contributed by atoms with Crippen molar-refractivity contribution in [2.75, 3.05) is 0 Å². The minimum atomic E-state index is -0.896. The summed E-state index contributed by atoms with van der Waals surface area (Å²) in [6.07, 6.45) is 0.778. The summed E-state index contributed by atoms with van der Waals surface area (Å²) in [7, 11) is 0. The van der Waals surface area contributed by atoms with Crippen LogP contribution in [0.5, 0.6) is 0 Å². The van der Waals surface area contributed by atoms with E-state index in [4.69, 9.17) is 10.8 Å². The van der Waals surface area contributed by atoms with Gasteiger partial charge in [0.1, 0.15) is 0 Å². The summed E-state index contributed by atoms with van der Waals surface area (Å²) < 4.78 is 0. The molecule has 0 aliphatic heterocycles. The molecule has 13 heavy (non-hydrogen) atoms. The van der Waals surface area contributed by atoms with Crippen LogP contribution in [0, 0.1) is 0 Å². The van der Waals surface area contributed by atoms with Crippen LogP contribution in [0.2, 0.25) is 0 Å². The molecule has 0 unspecified atom stereocenters. The van der Waals surface area contributed by atoms with Crippen LogP contribution in [-0.4, -0.2) is 17.1 Å². The zero-order chi connectivity index (χ0) is 9.84. The lowest BCUT2D eigenvalue weighted by Crippen LogP contribution is -2.17. The third kappa shape index (κ3) is 2.87. The van der Waals surface area contributed by atoms with Crippen LogP contribution in [0.4, 0.5) is 0 Å². The molecule has 3 N–H and O–H groups in total. The number of carbonyl (C=O) groups is 1. The quantitative estimate of drug-likeness (QED) is 0.734. The van der Waals surface area contributed by atoms with Gasteiger partial charge < -0.3 is 10.8 Å². The van der Waals surface area contributed by atoms with Gasteiger partial charge in [0.25, 0.3) is 0 Å². The van der Waals surface area contributed by atoms with Gasteiger partial charge in [-0.25, -0.2) is 4.79 Å². The fraction of sp³-hybridized carbons (Fsp3) is 0.300. The molecule has 0 spiro atoms. The van der Waals surface area contributed by atoms with E-state index in [1.54, 1.807) is 24.3 Å². The van der Waals surface area contributed by atoms with Crippen LogP contribution in [0.3, 0.4) is 0 Å². The van der Waals surface area contributed by atoms with Crippen molar-refractivity contribution in [1.82, 2.24) is 0 Å². The summed E-state index contributed by atoms with van der Waals surface area (Å²) in [6.45, 7) is 1.92. The van der Waals surface area contributed by atoms with Gasteiger partial charge in [-0.1, -0.05) is 12.1 Å².